The molecule has 2 rings (SSSR count). The van der Waals surface area contributed by atoms with Gasteiger partial charge in [0.2, 0.25) is 0 Å². The summed E-state index contributed by atoms with van der Waals surface area (Å²) in [5.74, 6) is 0.660. The smallest absolute Gasteiger partial charge is 0.116 e. The van der Waals surface area contributed by atoms with Gasteiger partial charge in [0.15, 0.2) is 0 Å². The van der Waals surface area contributed by atoms with Gasteiger partial charge in [0.05, 0.1) is 5.02 Å². The van der Waals surface area contributed by atoms with Crippen molar-refractivity contribution >= 4 is 23.4 Å². The van der Waals surface area contributed by atoms with Crippen LogP contribution in [0.1, 0.15) is 0 Å². The zero-order valence-corrected chi connectivity index (χ0v) is 12.1. The van der Waals surface area contributed by atoms with Gasteiger partial charge in [0, 0.05) is 36.8 Å². The largest absolute Gasteiger partial charge is 0.377 e. The summed E-state index contributed by atoms with van der Waals surface area (Å²) < 4.78 is 0. The van der Waals surface area contributed by atoms with Crippen molar-refractivity contribution in [3.05, 3.63) is 29.3 Å². The molecule has 0 bridgehead atoms. The van der Waals surface area contributed by atoms with Crippen molar-refractivity contribution in [3.63, 3.8) is 0 Å². The molecule has 0 radical (unpaired) electrons. The first kappa shape index (κ1) is 14.2. The Labute approximate surface area is 118 Å². The number of hydrogen-bond acceptors (Lipinski definition) is 4. The highest BCUT2D eigenvalue weighted by Crippen LogP contribution is 2.27. The fraction of sp³-hybridized carbons (Fsp3) is 0.538. The molecule has 0 aromatic heterocycles. The van der Waals surface area contributed by atoms with Gasteiger partial charge in [-0.1, -0.05) is 23.7 Å². The van der Waals surface area contributed by atoms with E-state index in [2.05, 4.69) is 16.8 Å². The summed E-state index contributed by atoms with van der Waals surface area (Å²) in [5.41, 5.74) is 0. The first-order chi connectivity index (χ1) is 8.66. The van der Waals surface area contributed by atoms with Gasteiger partial charge in [-0.3, -0.25) is 4.90 Å². The number of thioether (sulfide) groups is 1. The number of benzene rings is 1. The number of piperazine rings is 1. The van der Waals surface area contributed by atoms with Gasteiger partial charge in [-0.15, -0.1) is 11.8 Å². The van der Waals surface area contributed by atoms with Crippen molar-refractivity contribution in [3.8, 4) is 0 Å². The maximum Gasteiger partial charge on any atom is 0.116 e. The van der Waals surface area contributed by atoms with Gasteiger partial charge >= 0.3 is 0 Å². The minimum Gasteiger partial charge on any atom is -0.377 e. The van der Waals surface area contributed by atoms with E-state index in [-0.39, 0.29) is 6.23 Å². The number of nitrogens with zero attached hydrogens (tertiary/aromatic N) is 2. The molecule has 3 nitrogen and oxygen atoms in total. The number of halogens is 1. The molecule has 0 amide bonds. The molecule has 1 aromatic carbocycles. The topological polar surface area (TPSA) is 26.7 Å². The fourth-order valence-corrected chi connectivity index (χ4v) is 3.17. The van der Waals surface area contributed by atoms with Gasteiger partial charge in [-0.05, 0) is 19.2 Å². The quantitative estimate of drug-likeness (QED) is 0.857. The van der Waals surface area contributed by atoms with Crippen molar-refractivity contribution in [1.29, 1.82) is 0 Å². The molecule has 1 saturated heterocycles. The Morgan fingerprint density at radius 2 is 1.94 bits per heavy atom. The lowest BCUT2D eigenvalue weighted by Crippen LogP contribution is -2.49. The lowest BCUT2D eigenvalue weighted by molar-refractivity contribution is -0.00492. The van der Waals surface area contributed by atoms with Gasteiger partial charge in [-0.25, -0.2) is 0 Å². The van der Waals surface area contributed by atoms with Crippen LogP contribution in [0.5, 0.6) is 0 Å². The Hall–Kier alpha value is -0.260. The molecule has 1 aromatic rings. The highest BCUT2D eigenvalue weighted by molar-refractivity contribution is 7.99. The first-order valence-corrected chi connectivity index (χ1v) is 7.51. The van der Waals surface area contributed by atoms with Crippen molar-refractivity contribution < 1.29 is 5.11 Å². The van der Waals surface area contributed by atoms with Gasteiger partial charge in [0.1, 0.15) is 6.23 Å². The average Bonchev–Trinajstić information content (AvgIpc) is 2.38. The minimum atomic E-state index is -0.389. The second kappa shape index (κ2) is 6.78. The lowest BCUT2D eigenvalue weighted by atomic mass is 10.3. The summed E-state index contributed by atoms with van der Waals surface area (Å²) >= 11 is 7.70. The minimum absolute atomic E-state index is 0.389. The molecular formula is C13H19ClN2OS. The number of aliphatic hydroxyl groups excluding tert-OH is 1. The summed E-state index contributed by atoms with van der Waals surface area (Å²) in [6, 6.07) is 7.76. The van der Waals surface area contributed by atoms with Crippen LogP contribution in [0.25, 0.3) is 0 Å². The maximum absolute atomic E-state index is 10.2. The predicted octanol–water partition coefficient (Wildman–Crippen LogP) is 2.00. The van der Waals surface area contributed by atoms with Crippen molar-refractivity contribution in [2.24, 2.45) is 0 Å². The summed E-state index contributed by atoms with van der Waals surface area (Å²) in [7, 11) is 2.11. The number of rotatable bonds is 4. The van der Waals surface area contributed by atoms with Crippen molar-refractivity contribution in [2.45, 2.75) is 11.1 Å². The van der Waals surface area contributed by atoms with Crippen LogP contribution in [-0.2, 0) is 0 Å². The SMILES string of the molecule is CN1CCN(C(O)CSc2ccccc2Cl)CC1. The van der Waals surface area contributed by atoms with E-state index in [1.165, 1.54) is 0 Å². The van der Waals surface area contributed by atoms with Crippen LogP contribution >= 0.6 is 23.4 Å². The van der Waals surface area contributed by atoms with Crippen LogP contribution in [0.4, 0.5) is 0 Å². The number of likely N-dealkylation sites (N-methyl/N-ethyl adjacent to an activating group) is 1. The fourth-order valence-electron chi connectivity index (χ4n) is 1.95. The summed E-state index contributed by atoms with van der Waals surface area (Å²) in [4.78, 5) is 5.45. The highest BCUT2D eigenvalue weighted by Gasteiger charge is 2.20. The average molecular weight is 287 g/mol. The van der Waals surface area contributed by atoms with Crippen LogP contribution in [0.15, 0.2) is 29.2 Å². The first-order valence-electron chi connectivity index (χ1n) is 6.15. The van der Waals surface area contributed by atoms with Crippen LogP contribution in [0.2, 0.25) is 5.02 Å². The highest BCUT2D eigenvalue weighted by atomic mass is 35.5. The van der Waals surface area contributed by atoms with Gasteiger partial charge < -0.3 is 10.0 Å². The Kier molecular flexibility index (Phi) is 5.33. The lowest BCUT2D eigenvalue weighted by Gasteiger charge is -2.35. The molecule has 100 valence electrons. The molecule has 1 fully saturated rings. The van der Waals surface area contributed by atoms with E-state index in [4.69, 9.17) is 11.6 Å². The normalized spacial score (nSPS) is 19.9. The molecular weight excluding hydrogens is 268 g/mol. The van der Waals surface area contributed by atoms with E-state index >= 15 is 0 Å². The maximum atomic E-state index is 10.2. The standard InChI is InChI=1S/C13H19ClN2OS/c1-15-6-8-16(9-7-15)13(17)10-18-12-5-3-2-4-11(12)14/h2-5,13,17H,6-10H2,1H3. The van der Waals surface area contributed by atoms with Crippen LogP contribution in [0.3, 0.4) is 0 Å². The Morgan fingerprint density at radius 1 is 1.28 bits per heavy atom. The van der Waals surface area contributed by atoms with E-state index in [1.807, 2.05) is 24.3 Å². The van der Waals surface area contributed by atoms with Crippen molar-refractivity contribution in [2.75, 3.05) is 39.0 Å². The predicted molar refractivity (Wildman–Crippen MR) is 77.3 cm³/mol. The van der Waals surface area contributed by atoms with Crippen LogP contribution < -0.4 is 0 Å². The second-order valence-corrected chi connectivity index (χ2v) is 6.03. The van der Waals surface area contributed by atoms with E-state index in [0.29, 0.717) is 5.75 Å². The molecule has 5 heteroatoms. The van der Waals surface area contributed by atoms with E-state index < -0.39 is 0 Å². The van der Waals surface area contributed by atoms with Gasteiger partial charge in [-0.2, -0.15) is 0 Å². The van der Waals surface area contributed by atoms with E-state index in [9.17, 15) is 5.11 Å². The third-order valence-electron chi connectivity index (χ3n) is 3.18. The zero-order valence-electron chi connectivity index (χ0n) is 10.6. The van der Waals surface area contributed by atoms with Crippen LogP contribution in [-0.4, -0.2) is 60.1 Å². The van der Waals surface area contributed by atoms with Crippen molar-refractivity contribution in [1.82, 2.24) is 9.80 Å². The number of aliphatic hydroxyl groups is 1. The van der Waals surface area contributed by atoms with E-state index in [0.717, 1.165) is 36.1 Å². The molecule has 1 unspecified atom stereocenters. The second-order valence-electron chi connectivity index (χ2n) is 4.56. The molecule has 0 spiro atoms. The monoisotopic (exact) mass is 286 g/mol. The summed E-state index contributed by atoms with van der Waals surface area (Å²) in [6.45, 7) is 3.91. The number of hydrogen-bond donors (Lipinski definition) is 1. The van der Waals surface area contributed by atoms with Gasteiger partial charge in [0.25, 0.3) is 0 Å². The molecule has 0 saturated carbocycles. The Morgan fingerprint density at radius 3 is 2.61 bits per heavy atom. The molecule has 0 aliphatic carbocycles. The molecule has 1 atom stereocenters. The zero-order chi connectivity index (χ0) is 13.0. The molecule has 1 heterocycles. The molecule has 1 N–H and O–H groups in total. The molecule has 1 aliphatic rings. The molecule has 18 heavy (non-hydrogen) atoms. The molecule has 1 aliphatic heterocycles. The Balaban J connectivity index is 1.81. The van der Waals surface area contributed by atoms with E-state index in [1.54, 1.807) is 11.8 Å². The third kappa shape index (κ3) is 3.87. The summed E-state index contributed by atoms with van der Waals surface area (Å²) in [6.07, 6.45) is -0.389. The Bertz CT molecular complexity index is 383. The van der Waals surface area contributed by atoms with Crippen LogP contribution in [0, 0.1) is 0 Å². The summed E-state index contributed by atoms with van der Waals surface area (Å²) in [5, 5.41) is 10.9. The third-order valence-corrected chi connectivity index (χ3v) is 4.76.